The summed E-state index contributed by atoms with van der Waals surface area (Å²) in [7, 11) is 0. The molecule has 1 unspecified atom stereocenters. The van der Waals surface area contributed by atoms with Gasteiger partial charge in [0.25, 0.3) is 0 Å². The molecule has 7 heteroatoms. The average Bonchev–Trinajstić information content (AvgIpc) is 1.99. The Hall–Kier alpha value is -0.490. The average molecular weight is 241 g/mol. The van der Waals surface area contributed by atoms with E-state index < -0.39 is 11.4 Å². The topological polar surface area (TPSA) is 75.4 Å². The van der Waals surface area contributed by atoms with Crippen LogP contribution >= 0.6 is 23.2 Å². The number of hydrogen-bond donors (Lipinski definition) is 1. The van der Waals surface area contributed by atoms with Gasteiger partial charge in [0, 0.05) is 6.07 Å². The normalized spacial score (nSPS) is 12.5. The van der Waals surface area contributed by atoms with Gasteiger partial charge in [0.2, 0.25) is 0 Å². The lowest BCUT2D eigenvalue weighted by atomic mass is 10.3. The van der Waals surface area contributed by atoms with E-state index in [4.69, 9.17) is 28.9 Å². The molecule has 1 rings (SSSR count). The van der Waals surface area contributed by atoms with Crippen molar-refractivity contribution in [3.05, 3.63) is 22.2 Å². The van der Waals surface area contributed by atoms with E-state index in [1.54, 1.807) is 0 Å². The molecule has 0 aliphatic rings. The van der Waals surface area contributed by atoms with E-state index >= 15 is 0 Å². The summed E-state index contributed by atoms with van der Waals surface area (Å²) in [5.41, 5.74) is 5.65. The quantitative estimate of drug-likeness (QED) is 0.632. The smallest absolute Gasteiger partial charge is 0.159 e. The molecule has 0 bridgehead atoms. The van der Waals surface area contributed by atoms with Gasteiger partial charge in [-0.2, -0.15) is 0 Å². The monoisotopic (exact) mass is 240 g/mol. The van der Waals surface area contributed by atoms with E-state index in [2.05, 4.69) is 4.18 Å². The second kappa shape index (κ2) is 4.15. The lowest BCUT2D eigenvalue weighted by Gasteiger charge is -2.09. The molecule has 0 spiro atoms. The zero-order chi connectivity index (χ0) is 10.0. The summed E-state index contributed by atoms with van der Waals surface area (Å²) < 4.78 is 24.6. The molecule has 1 atom stereocenters. The molecule has 0 heterocycles. The molecular weight excluding hydrogens is 237 g/mol. The van der Waals surface area contributed by atoms with Gasteiger partial charge in [-0.05, 0) is 6.07 Å². The summed E-state index contributed by atoms with van der Waals surface area (Å²) in [6, 6.07) is 2.54. The molecule has 4 nitrogen and oxygen atoms in total. The first-order chi connectivity index (χ1) is 6.00. The summed E-state index contributed by atoms with van der Waals surface area (Å²) in [4.78, 5) is 0. The highest BCUT2D eigenvalue weighted by Crippen LogP contribution is 2.32. The van der Waals surface area contributed by atoms with Gasteiger partial charge in [-0.25, -0.2) is 4.21 Å². The number of anilines is 1. The number of hydrogen-bond acceptors (Lipinski definition) is 4. The number of nitrogens with two attached hydrogens (primary N) is 1. The van der Waals surface area contributed by atoms with Gasteiger partial charge in [0.1, 0.15) is 11.4 Å². The lowest BCUT2D eigenvalue weighted by Crippen LogP contribution is -1.99. The van der Waals surface area contributed by atoms with Crippen molar-refractivity contribution in [2.75, 3.05) is 5.73 Å². The van der Waals surface area contributed by atoms with Crippen molar-refractivity contribution in [1.29, 1.82) is 0 Å². The number of halogens is 2. The second-order valence-electron chi connectivity index (χ2n) is 2.09. The van der Waals surface area contributed by atoms with Gasteiger partial charge in [-0.1, -0.05) is 23.2 Å². The van der Waals surface area contributed by atoms with Crippen molar-refractivity contribution in [3.63, 3.8) is 0 Å². The summed E-state index contributed by atoms with van der Waals surface area (Å²) >= 11 is 8.54. The van der Waals surface area contributed by atoms with Gasteiger partial charge in [-0.15, -0.1) is 0 Å². The van der Waals surface area contributed by atoms with Gasteiger partial charge < -0.3 is 14.5 Å². The highest BCUT2D eigenvalue weighted by Gasteiger charge is 2.06. The molecule has 0 fully saturated rings. The van der Waals surface area contributed by atoms with E-state index in [-0.39, 0.29) is 21.5 Å². The van der Waals surface area contributed by atoms with Crippen molar-refractivity contribution in [2.45, 2.75) is 0 Å². The molecular formula is C6H4Cl2NO3S-. The first kappa shape index (κ1) is 10.6. The Kier molecular flexibility index (Phi) is 3.38. The van der Waals surface area contributed by atoms with Gasteiger partial charge >= 0.3 is 0 Å². The Morgan fingerprint density at radius 2 is 2.00 bits per heavy atom. The largest absolute Gasteiger partial charge is 0.740 e. The first-order valence-electron chi connectivity index (χ1n) is 3.03. The van der Waals surface area contributed by atoms with Crippen LogP contribution in [-0.2, 0) is 11.4 Å². The molecule has 0 saturated heterocycles. The zero-order valence-corrected chi connectivity index (χ0v) is 8.45. The van der Waals surface area contributed by atoms with Crippen LogP contribution in [0, 0.1) is 0 Å². The molecule has 1 aromatic rings. The van der Waals surface area contributed by atoms with Gasteiger partial charge in [-0.3, -0.25) is 0 Å². The zero-order valence-electron chi connectivity index (χ0n) is 6.12. The van der Waals surface area contributed by atoms with Crippen molar-refractivity contribution in [2.24, 2.45) is 0 Å². The number of nitrogen functional groups attached to an aromatic ring is 1. The maximum absolute atomic E-state index is 10.2. The lowest BCUT2D eigenvalue weighted by molar-refractivity contribution is 0.440. The minimum Gasteiger partial charge on any atom is -0.740 e. The number of benzene rings is 1. The van der Waals surface area contributed by atoms with E-state index in [0.717, 1.165) is 0 Å². The highest BCUT2D eigenvalue weighted by atomic mass is 35.5. The van der Waals surface area contributed by atoms with Crippen LogP contribution in [0.1, 0.15) is 0 Å². The fourth-order valence-electron chi connectivity index (χ4n) is 0.681. The SMILES string of the molecule is Nc1cc(Cl)c(OS(=O)[O-])cc1Cl. The number of rotatable bonds is 2. The van der Waals surface area contributed by atoms with Crippen LogP contribution in [0.15, 0.2) is 12.1 Å². The van der Waals surface area contributed by atoms with Crippen LogP contribution in [0.2, 0.25) is 10.0 Å². The van der Waals surface area contributed by atoms with Crippen LogP contribution in [0.4, 0.5) is 5.69 Å². The Labute approximate surface area is 87.1 Å². The molecule has 0 aliphatic heterocycles. The predicted octanol–water partition coefficient (Wildman–Crippen LogP) is 1.75. The summed E-state index contributed by atoms with van der Waals surface area (Å²) in [5, 5.41) is 0.274. The molecule has 0 aromatic heterocycles. The molecule has 1 aromatic carbocycles. The fourth-order valence-corrected chi connectivity index (χ4v) is 1.38. The molecule has 0 aliphatic carbocycles. The van der Waals surface area contributed by atoms with Crippen LogP contribution in [0.5, 0.6) is 5.75 Å². The third-order valence-corrected chi connectivity index (χ3v) is 2.15. The molecule has 13 heavy (non-hydrogen) atoms. The standard InChI is InChI=1S/C6H5Cl2NO3S/c7-3-2-6(12-13(10)11)4(8)1-5(3)9/h1-2H,9H2,(H,10,11)/p-1. The molecule has 0 saturated carbocycles. The van der Waals surface area contributed by atoms with Crippen molar-refractivity contribution >= 4 is 40.3 Å². The van der Waals surface area contributed by atoms with Crippen LogP contribution in [0.3, 0.4) is 0 Å². The van der Waals surface area contributed by atoms with Crippen LogP contribution in [-0.4, -0.2) is 8.76 Å². The van der Waals surface area contributed by atoms with Crippen molar-refractivity contribution in [3.8, 4) is 5.75 Å². The highest BCUT2D eigenvalue weighted by molar-refractivity contribution is 7.74. The van der Waals surface area contributed by atoms with Crippen molar-refractivity contribution in [1.82, 2.24) is 0 Å². The Morgan fingerprint density at radius 3 is 2.54 bits per heavy atom. The fraction of sp³-hybridized carbons (Fsp3) is 0. The van der Waals surface area contributed by atoms with Gasteiger partial charge in [0.05, 0.1) is 15.7 Å². The second-order valence-corrected chi connectivity index (χ2v) is 3.48. The maximum Gasteiger partial charge on any atom is 0.159 e. The molecule has 2 N–H and O–H groups in total. The predicted molar refractivity (Wildman–Crippen MR) is 50.4 cm³/mol. The maximum atomic E-state index is 10.2. The first-order valence-corrected chi connectivity index (χ1v) is 4.78. The van der Waals surface area contributed by atoms with Crippen LogP contribution in [0.25, 0.3) is 0 Å². The minimum absolute atomic E-state index is 0.0470. The third kappa shape index (κ3) is 2.73. The van der Waals surface area contributed by atoms with E-state index in [1.807, 2.05) is 0 Å². The Bertz CT molecular complexity index is 358. The van der Waals surface area contributed by atoms with E-state index in [1.165, 1.54) is 12.1 Å². The van der Waals surface area contributed by atoms with E-state index in [0.29, 0.717) is 0 Å². The summed E-state index contributed by atoms with van der Waals surface area (Å²) in [6.45, 7) is 0. The molecule has 0 radical (unpaired) electrons. The summed E-state index contributed by atoms with van der Waals surface area (Å²) in [5.74, 6) is -0.0470. The van der Waals surface area contributed by atoms with Crippen molar-refractivity contribution < 1.29 is 12.9 Å². The van der Waals surface area contributed by atoms with E-state index in [9.17, 15) is 8.76 Å². The summed E-state index contributed by atoms with van der Waals surface area (Å²) in [6.07, 6.45) is 0. The molecule has 0 amide bonds. The Balaban J connectivity index is 3.08. The Morgan fingerprint density at radius 1 is 1.38 bits per heavy atom. The molecule has 72 valence electrons. The minimum atomic E-state index is -2.68. The van der Waals surface area contributed by atoms with Gasteiger partial charge in [0.15, 0.2) is 5.75 Å². The third-order valence-electron chi connectivity index (χ3n) is 1.21. The van der Waals surface area contributed by atoms with Crippen LogP contribution < -0.4 is 9.92 Å².